The Kier molecular flexibility index (Phi) is 3.78. The highest BCUT2D eigenvalue weighted by Gasteiger charge is 2.59. The van der Waals surface area contributed by atoms with Crippen LogP contribution < -0.4 is 0 Å². The number of para-hydroxylation sites is 1. The molecule has 2 aromatic carbocycles. The fourth-order valence-corrected chi connectivity index (χ4v) is 3.66. The van der Waals surface area contributed by atoms with Crippen molar-refractivity contribution >= 4 is 11.8 Å². The van der Waals surface area contributed by atoms with Crippen molar-refractivity contribution in [3.8, 4) is 5.75 Å². The van der Waals surface area contributed by atoms with Crippen LogP contribution in [0.15, 0.2) is 54.6 Å². The number of hydrogen-bond donors (Lipinski definition) is 1. The van der Waals surface area contributed by atoms with Crippen molar-refractivity contribution in [3.05, 3.63) is 65.7 Å². The lowest BCUT2D eigenvalue weighted by molar-refractivity contribution is -0.170. The Morgan fingerprint density at radius 2 is 1.68 bits per heavy atom. The van der Waals surface area contributed by atoms with Crippen LogP contribution in [0.1, 0.15) is 17.2 Å². The molecule has 3 unspecified atom stereocenters. The van der Waals surface area contributed by atoms with Gasteiger partial charge in [0.2, 0.25) is 5.91 Å². The molecular formula is C19H18N2O4. The molecule has 1 N–H and O–H groups in total. The van der Waals surface area contributed by atoms with Gasteiger partial charge in [0, 0.05) is 12.6 Å². The fraction of sp³-hybridized carbons (Fsp3) is 0.263. The number of hydroxylamine groups is 2. The van der Waals surface area contributed by atoms with Crippen LogP contribution in [0.3, 0.4) is 0 Å². The molecule has 0 radical (unpaired) electrons. The molecule has 2 aliphatic rings. The topological polar surface area (TPSA) is 70.1 Å². The van der Waals surface area contributed by atoms with Crippen LogP contribution in [0.5, 0.6) is 5.75 Å². The number of aromatic hydroxyl groups is 1. The summed E-state index contributed by atoms with van der Waals surface area (Å²) in [6, 6.07) is 15.7. The quantitative estimate of drug-likeness (QED) is 0.865. The van der Waals surface area contributed by atoms with E-state index in [1.807, 2.05) is 30.3 Å². The van der Waals surface area contributed by atoms with Crippen molar-refractivity contribution in [3.63, 3.8) is 0 Å². The highest BCUT2D eigenvalue weighted by Crippen LogP contribution is 2.46. The van der Waals surface area contributed by atoms with Gasteiger partial charge in [-0.2, -0.15) is 5.06 Å². The van der Waals surface area contributed by atoms with Crippen molar-refractivity contribution < 1.29 is 19.5 Å². The van der Waals surface area contributed by atoms with E-state index in [-0.39, 0.29) is 24.1 Å². The minimum absolute atomic E-state index is 0.0883. The van der Waals surface area contributed by atoms with Crippen molar-refractivity contribution in [2.75, 3.05) is 7.05 Å². The highest BCUT2D eigenvalue weighted by atomic mass is 16.7. The Morgan fingerprint density at radius 1 is 1.00 bits per heavy atom. The fourth-order valence-electron chi connectivity index (χ4n) is 3.66. The molecule has 0 bridgehead atoms. The second kappa shape index (κ2) is 5.98. The van der Waals surface area contributed by atoms with Crippen LogP contribution in [0, 0.1) is 5.92 Å². The van der Waals surface area contributed by atoms with E-state index >= 15 is 0 Å². The van der Waals surface area contributed by atoms with E-state index in [1.54, 1.807) is 31.3 Å². The van der Waals surface area contributed by atoms with Crippen LogP contribution >= 0.6 is 0 Å². The number of imide groups is 1. The third-order valence-electron chi connectivity index (χ3n) is 4.84. The van der Waals surface area contributed by atoms with Gasteiger partial charge in [-0.05, 0) is 11.6 Å². The van der Waals surface area contributed by atoms with Gasteiger partial charge in [-0.25, -0.2) is 0 Å². The number of likely N-dealkylation sites (tertiary alicyclic amines) is 1. The maximum absolute atomic E-state index is 13.0. The smallest absolute Gasteiger partial charge is 0.261 e. The Hall–Kier alpha value is -2.70. The number of phenols is 1. The van der Waals surface area contributed by atoms with Gasteiger partial charge in [0.25, 0.3) is 5.91 Å². The molecule has 2 amide bonds. The summed E-state index contributed by atoms with van der Waals surface area (Å²) >= 11 is 0. The number of phenolic OH excluding ortho intramolecular Hbond substituents is 1. The van der Waals surface area contributed by atoms with Crippen LogP contribution in [-0.4, -0.2) is 40.0 Å². The molecule has 0 aliphatic carbocycles. The maximum atomic E-state index is 13.0. The molecule has 25 heavy (non-hydrogen) atoms. The zero-order valence-electron chi connectivity index (χ0n) is 13.7. The van der Waals surface area contributed by atoms with Crippen molar-refractivity contribution in [2.45, 2.75) is 18.7 Å². The standard InChI is InChI=1S/C19H18N2O4/c1-20-16(13-9-5-6-10-14(13)22)15-17(25-20)19(24)21(18(15)23)11-12-7-3-2-4-8-12/h2-10,15-17,22H,11H2,1H3. The molecule has 6 nitrogen and oxygen atoms in total. The first kappa shape index (κ1) is 15.8. The minimum Gasteiger partial charge on any atom is -0.508 e. The van der Waals surface area contributed by atoms with Gasteiger partial charge in [0.05, 0.1) is 18.5 Å². The molecule has 3 atom stereocenters. The van der Waals surface area contributed by atoms with Crippen molar-refractivity contribution in [2.24, 2.45) is 5.92 Å². The van der Waals surface area contributed by atoms with E-state index in [4.69, 9.17) is 4.84 Å². The molecule has 2 fully saturated rings. The second-order valence-electron chi connectivity index (χ2n) is 6.35. The molecule has 4 rings (SSSR count). The molecule has 0 aromatic heterocycles. The summed E-state index contributed by atoms with van der Waals surface area (Å²) in [5.74, 6) is -1.17. The van der Waals surface area contributed by atoms with Crippen LogP contribution in [0.2, 0.25) is 0 Å². The van der Waals surface area contributed by atoms with E-state index < -0.39 is 18.1 Å². The zero-order chi connectivity index (χ0) is 17.6. The maximum Gasteiger partial charge on any atom is 0.261 e. The molecule has 2 aliphatic heterocycles. The Morgan fingerprint density at radius 3 is 2.40 bits per heavy atom. The van der Waals surface area contributed by atoms with Gasteiger partial charge in [-0.3, -0.25) is 19.3 Å². The number of nitrogens with zero attached hydrogens (tertiary/aromatic N) is 2. The monoisotopic (exact) mass is 338 g/mol. The molecule has 6 heteroatoms. The van der Waals surface area contributed by atoms with Crippen LogP contribution in [0.4, 0.5) is 0 Å². The SMILES string of the molecule is CN1OC2C(=O)N(Cc3ccccc3)C(=O)C2C1c1ccccc1O. The minimum atomic E-state index is -0.842. The molecule has 2 saturated heterocycles. The Bertz CT molecular complexity index is 823. The number of fused-ring (bicyclic) bond motifs is 1. The molecule has 128 valence electrons. The number of benzene rings is 2. The summed E-state index contributed by atoms with van der Waals surface area (Å²) in [6.45, 7) is 0.228. The lowest BCUT2D eigenvalue weighted by atomic mass is 9.90. The summed E-state index contributed by atoms with van der Waals surface area (Å²) in [7, 11) is 1.68. The van der Waals surface area contributed by atoms with Crippen LogP contribution in [-0.2, 0) is 21.0 Å². The first-order valence-electron chi connectivity index (χ1n) is 8.14. The molecule has 0 saturated carbocycles. The molecular weight excluding hydrogens is 320 g/mol. The summed E-state index contributed by atoms with van der Waals surface area (Å²) in [5.41, 5.74) is 1.47. The summed E-state index contributed by atoms with van der Waals surface area (Å²) < 4.78 is 0. The van der Waals surface area contributed by atoms with Gasteiger partial charge in [-0.15, -0.1) is 0 Å². The van der Waals surface area contributed by atoms with Gasteiger partial charge >= 0.3 is 0 Å². The lowest BCUT2D eigenvalue weighted by Gasteiger charge is -2.24. The van der Waals surface area contributed by atoms with Gasteiger partial charge in [0.1, 0.15) is 5.75 Å². The average molecular weight is 338 g/mol. The number of carbonyl (C=O) groups is 2. The Balaban J connectivity index is 1.66. The zero-order valence-corrected chi connectivity index (χ0v) is 13.7. The normalized spacial score (nSPS) is 26.3. The van der Waals surface area contributed by atoms with E-state index in [0.717, 1.165) is 5.56 Å². The van der Waals surface area contributed by atoms with E-state index in [0.29, 0.717) is 5.56 Å². The predicted molar refractivity (Wildman–Crippen MR) is 89.0 cm³/mol. The third-order valence-corrected chi connectivity index (χ3v) is 4.84. The number of carbonyl (C=O) groups excluding carboxylic acids is 2. The average Bonchev–Trinajstić information content (AvgIpc) is 3.06. The lowest BCUT2D eigenvalue weighted by Crippen LogP contribution is -2.35. The predicted octanol–water partition coefficient (Wildman–Crippen LogP) is 1.86. The van der Waals surface area contributed by atoms with E-state index in [1.165, 1.54) is 9.96 Å². The molecule has 0 spiro atoms. The molecule has 2 aromatic rings. The largest absolute Gasteiger partial charge is 0.508 e. The summed E-state index contributed by atoms with van der Waals surface area (Å²) in [6.07, 6.45) is -0.842. The van der Waals surface area contributed by atoms with Crippen molar-refractivity contribution in [1.82, 2.24) is 9.96 Å². The summed E-state index contributed by atoms with van der Waals surface area (Å²) in [4.78, 5) is 32.6. The first-order chi connectivity index (χ1) is 12.1. The van der Waals surface area contributed by atoms with E-state index in [9.17, 15) is 14.7 Å². The second-order valence-corrected chi connectivity index (χ2v) is 6.35. The third kappa shape index (κ3) is 2.50. The van der Waals surface area contributed by atoms with Gasteiger partial charge < -0.3 is 5.11 Å². The number of hydrogen-bond acceptors (Lipinski definition) is 5. The number of amides is 2. The highest BCUT2D eigenvalue weighted by molar-refractivity contribution is 6.07. The Labute approximate surface area is 145 Å². The first-order valence-corrected chi connectivity index (χ1v) is 8.14. The number of rotatable bonds is 3. The summed E-state index contributed by atoms with van der Waals surface area (Å²) in [5, 5.41) is 11.7. The van der Waals surface area contributed by atoms with Crippen LogP contribution in [0.25, 0.3) is 0 Å². The molecule has 2 heterocycles. The van der Waals surface area contributed by atoms with Gasteiger partial charge in [-0.1, -0.05) is 48.5 Å². The van der Waals surface area contributed by atoms with Gasteiger partial charge in [0.15, 0.2) is 6.10 Å². The van der Waals surface area contributed by atoms with Crippen molar-refractivity contribution in [1.29, 1.82) is 0 Å². The van der Waals surface area contributed by atoms with E-state index in [2.05, 4.69) is 0 Å².